The van der Waals surface area contributed by atoms with Gasteiger partial charge in [-0.15, -0.1) is 0 Å². The number of benzene rings is 1. The van der Waals surface area contributed by atoms with E-state index < -0.39 is 0 Å². The van der Waals surface area contributed by atoms with Gasteiger partial charge < -0.3 is 10.6 Å². The third-order valence-corrected chi connectivity index (χ3v) is 3.65. The Morgan fingerprint density at radius 1 is 1.16 bits per heavy atom. The lowest BCUT2D eigenvalue weighted by Gasteiger charge is -2.07. The van der Waals surface area contributed by atoms with E-state index >= 15 is 0 Å². The maximum atomic E-state index is 12.3. The van der Waals surface area contributed by atoms with Crippen LogP contribution in [0.1, 0.15) is 39.8 Å². The van der Waals surface area contributed by atoms with Crippen molar-refractivity contribution in [2.24, 2.45) is 0 Å². The first-order chi connectivity index (χ1) is 12.2. The zero-order valence-electron chi connectivity index (χ0n) is 13.9. The van der Waals surface area contributed by atoms with Gasteiger partial charge >= 0.3 is 0 Å². The third kappa shape index (κ3) is 4.00. The molecule has 2 heterocycles. The van der Waals surface area contributed by atoms with Crippen LogP contribution in [0.5, 0.6) is 0 Å². The molecular weight excluding hydrogens is 318 g/mol. The molecule has 0 radical (unpaired) electrons. The topological polar surface area (TPSA) is 88.4 Å². The number of rotatable bonds is 6. The second-order valence-electron chi connectivity index (χ2n) is 5.59. The molecule has 7 nitrogen and oxygen atoms in total. The summed E-state index contributed by atoms with van der Waals surface area (Å²) >= 11 is 0. The van der Waals surface area contributed by atoms with Crippen LogP contribution in [0.25, 0.3) is 5.78 Å². The van der Waals surface area contributed by atoms with E-state index in [2.05, 4.69) is 20.6 Å². The largest absolute Gasteiger partial charge is 0.352 e. The van der Waals surface area contributed by atoms with Crippen LogP contribution in [-0.2, 0) is 6.54 Å². The third-order valence-electron chi connectivity index (χ3n) is 3.65. The van der Waals surface area contributed by atoms with Gasteiger partial charge in [0.05, 0.1) is 0 Å². The fraction of sp³-hybridized carbons (Fsp3) is 0.222. The summed E-state index contributed by atoms with van der Waals surface area (Å²) in [5, 5.41) is 5.65. The quantitative estimate of drug-likeness (QED) is 0.718. The molecule has 7 heteroatoms. The summed E-state index contributed by atoms with van der Waals surface area (Å²) in [6.07, 6.45) is 5.92. The van der Waals surface area contributed by atoms with Gasteiger partial charge in [0.2, 0.25) is 5.78 Å². The number of hydrogen-bond acceptors (Lipinski definition) is 4. The maximum absolute atomic E-state index is 12.3. The first kappa shape index (κ1) is 16.6. The highest BCUT2D eigenvalue weighted by Gasteiger charge is 2.11. The van der Waals surface area contributed by atoms with E-state index in [1.165, 1.54) is 0 Å². The molecular formula is C18H19N5O2. The number of carbonyl (C=O) groups is 2. The highest BCUT2D eigenvalue weighted by Crippen LogP contribution is 2.07. The van der Waals surface area contributed by atoms with Crippen LogP contribution in [0.2, 0.25) is 0 Å². The molecule has 2 aromatic heterocycles. The molecule has 25 heavy (non-hydrogen) atoms. The zero-order valence-corrected chi connectivity index (χ0v) is 13.9. The van der Waals surface area contributed by atoms with Gasteiger partial charge in [0.25, 0.3) is 11.8 Å². The van der Waals surface area contributed by atoms with Gasteiger partial charge in [0, 0.05) is 37.2 Å². The molecule has 3 aromatic rings. The normalized spacial score (nSPS) is 10.6. The highest BCUT2D eigenvalue weighted by atomic mass is 16.2. The van der Waals surface area contributed by atoms with Crippen molar-refractivity contribution in [3.05, 3.63) is 65.7 Å². The van der Waals surface area contributed by atoms with Crippen molar-refractivity contribution in [3.63, 3.8) is 0 Å². The molecule has 0 aliphatic rings. The Kier molecular flexibility index (Phi) is 5.03. The second-order valence-corrected chi connectivity index (χ2v) is 5.59. The molecule has 0 bridgehead atoms. The van der Waals surface area contributed by atoms with E-state index in [0.29, 0.717) is 30.1 Å². The fourth-order valence-electron chi connectivity index (χ4n) is 2.38. The minimum atomic E-state index is -0.286. The van der Waals surface area contributed by atoms with Gasteiger partial charge in [-0.3, -0.25) is 14.0 Å². The van der Waals surface area contributed by atoms with Crippen LogP contribution in [0, 0.1) is 0 Å². The smallest absolute Gasteiger partial charge is 0.271 e. The van der Waals surface area contributed by atoms with E-state index in [9.17, 15) is 9.59 Å². The number of fused-ring (bicyclic) bond motifs is 1. The van der Waals surface area contributed by atoms with Crippen LogP contribution in [0.3, 0.4) is 0 Å². The van der Waals surface area contributed by atoms with Gasteiger partial charge in [0.15, 0.2) is 0 Å². The van der Waals surface area contributed by atoms with Gasteiger partial charge in [0.1, 0.15) is 5.69 Å². The molecule has 3 rings (SSSR count). The fourth-order valence-corrected chi connectivity index (χ4v) is 2.38. The number of nitrogens with zero attached hydrogens (tertiary/aromatic N) is 3. The number of hydrogen-bond donors (Lipinski definition) is 2. The van der Waals surface area contributed by atoms with Crippen molar-refractivity contribution < 1.29 is 9.59 Å². The zero-order chi connectivity index (χ0) is 17.6. The summed E-state index contributed by atoms with van der Waals surface area (Å²) in [6, 6.07) is 8.96. The predicted octanol–water partition coefficient (Wildman–Crippen LogP) is 1.80. The lowest BCUT2D eigenvalue weighted by atomic mass is 10.1. The maximum Gasteiger partial charge on any atom is 0.271 e. The Balaban J connectivity index is 1.64. The Bertz CT molecular complexity index is 870. The standard InChI is InChI=1S/C18H19N5O2/c1-2-7-19-16(24)14-6-3-5-13(10-14)11-21-17(25)15-12-23-9-4-8-20-18(23)22-15/h3-6,8-10,12H,2,7,11H2,1H3,(H,19,24)(H,21,25). The van der Waals surface area contributed by atoms with Crippen molar-refractivity contribution in [2.45, 2.75) is 19.9 Å². The first-order valence-electron chi connectivity index (χ1n) is 8.12. The van der Waals surface area contributed by atoms with E-state index in [0.717, 1.165) is 12.0 Å². The van der Waals surface area contributed by atoms with Crippen molar-refractivity contribution in [2.75, 3.05) is 6.54 Å². The lowest BCUT2D eigenvalue weighted by Crippen LogP contribution is -2.25. The number of imidazole rings is 1. The van der Waals surface area contributed by atoms with Gasteiger partial charge in [-0.2, -0.15) is 0 Å². The van der Waals surface area contributed by atoms with Crippen molar-refractivity contribution in [1.29, 1.82) is 0 Å². The summed E-state index contributed by atoms with van der Waals surface area (Å²) in [4.78, 5) is 32.5. The van der Waals surface area contributed by atoms with Gasteiger partial charge in [-0.25, -0.2) is 9.97 Å². The summed E-state index contributed by atoms with van der Waals surface area (Å²) < 4.78 is 1.69. The van der Waals surface area contributed by atoms with Crippen molar-refractivity contribution in [3.8, 4) is 0 Å². The molecule has 1 aromatic carbocycles. The van der Waals surface area contributed by atoms with Gasteiger partial charge in [-0.05, 0) is 30.2 Å². The van der Waals surface area contributed by atoms with Crippen LogP contribution in [0.4, 0.5) is 0 Å². The molecule has 0 spiro atoms. The molecule has 0 aliphatic carbocycles. The van der Waals surface area contributed by atoms with Crippen molar-refractivity contribution in [1.82, 2.24) is 25.0 Å². The molecule has 0 saturated carbocycles. The Labute approximate surface area is 145 Å². The monoisotopic (exact) mass is 337 g/mol. The average molecular weight is 337 g/mol. The van der Waals surface area contributed by atoms with E-state index in [4.69, 9.17) is 0 Å². The second kappa shape index (κ2) is 7.57. The molecule has 0 unspecified atom stereocenters. The van der Waals surface area contributed by atoms with Crippen LogP contribution in [0.15, 0.2) is 48.9 Å². The SMILES string of the molecule is CCCNC(=O)c1cccc(CNC(=O)c2cn3cccnc3n2)c1. The number of nitrogens with one attached hydrogen (secondary N) is 2. The Morgan fingerprint density at radius 3 is 2.84 bits per heavy atom. The summed E-state index contributed by atoms with van der Waals surface area (Å²) in [5.41, 5.74) is 1.73. The minimum absolute atomic E-state index is 0.110. The summed E-state index contributed by atoms with van der Waals surface area (Å²) in [6.45, 7) is 2.96. The van der Waals surface area contributed by atoms with Crippen LogP contribution in [-0.4, -0.2) is 32.7 Å². The van der Waals surface area contributed by atoms with Gasteiger partial charge in [-0.1, -0.05) is 19.1 Å². The van der Waals surface area contributed by atoms with Crippen LogP contribution < -0.4 is 10.6 Å². The molecule has 0 aliphatic heterocycles. The summed E-state index contributed by atoms with van der Waals surface area (Å²) in [7, 11) is 0. The number of carbonyl (C=O) groups excluding carboxylic acids is 2. The average Bonchev–Trinajstić information content (AvgIpc) is 3.08. The Morgan fingerprint density at radius 2 is 2.04 bits per heavy atom. The molecule has 128 valence electrons. The first-order valence-corrected chi connectivity index (χ1v) is 8.12. The molecule has 2 N–H and O–H groups in total. The van der Waals surface area contributed by atoms with E-state index in [1.54, 1.807) is 47.3 Å². The minimum Gasteiger partial charge on any atom is -0.352 e. The lowest BCUT2D eigenvalue weighted by molar-refractivity contribution is 0.0943. The number of amides is 2. The van der Waals surface area contributed by atoms with E-state index in [-0.39, 0.29) is 11.8 Å². The molecule has 2 amide bonds. The van der Waals surface area contributed by atoms with Crippen molar-refractivity contribution >= 4 is 17.6 Å². The predicted molar refractivity (Wildman–Crippen MR) is 93.2 cm³/mol. The molecule has 0 fully saturated rings. The van der Waals surface area contributed by atoms with E-state index in [1.807, 2.05) is 13.0 Å². The number of aromatic nitrogens is 3. The molecule has 0 atom stereocenters. The van der Waals surface area contributed by atoms with Crippen LogP contribution >= 0.6 is 0 Å². The molecule has 0 saturated heterocycles. The summed E-state index contributed by atoms with van der Waals surface area (Å²) in [5.74, 6) is 0.0787. The Hall–Kier alpha value is -3.22. The highest BCUT2D eigenvalue weighted by molar-refractivity contribution is 5.94.